The van der Waals surface area contributed by atoms with Crippen molar-refractivity contribution in [2.45, 2.75) is 13.5 Å². The van der Waals surface area contributed by atoms with E-state index in [0.717, 1.165) is 15.7 Å². The van der Waals surface area contributed by atoms with Crippen LogP contribution < -0.4 is 9.47 Å². The van der Waals surface area contributed by atoms with Gasteiger partial charge in [0.25, 0.3) is 0 Å². The summed E-state index contributed by atoms with van der Waals surface area (Å²) < 4.78 is 35.9. The third-order valence-electron chi connectivity index (χ3n) is 2.50. The van der Waals surface area contributed by atoms with Gasteiger partial charge in [0.1, 0.15) is 5.75 Å². The molecule has 0 radical (unpaired) electrons. The first-order chi connectivity index (χ1) is 9.01. The van der Waals surface area contributed by atoms with Gasteiger partial charge in [-0.25, -0.2) is 4.68 Å². The molecule has 0 N–H and O–H groups in total. The summed E-state index contributed by atoms with van der Waals surface area (Å²) in [7, 11) is 1.55. The first kappa shape index (κ1) is 13.8. The summed E-state index contributed by atoms with van der Waals surface area (Å²) >= 11 is 3.37. The first-order valence-electron chi connectivity index (χ1n) is 5.35. The Labute approximate surface area is 117 Å². The van der Waals surface area contributed by atoms with Gasteiger partial charge >= 0.3 is 6.61 Å². The smallest absolute Gasteiger partial charge is 0.387 e. The Morgan fingerprint density at radius 2 is 2.11 bits per heavy atom. The summed E-state index contributed by atoms with van der Waals surface area (Å²) in [6.45, 7) is -0.979. The lowest BCUT2D eigenvalue weighted by Crippen LogP contribution is -2.01. The number of ether oxygens (including phenoxy) is 2. The van der Waals surface area contributed by atoms with Gasteiger partial charge in [0.15, 0.2) is 5.75 Å². The average Bonchev–Trinajstić information content (AvgIpc) is 2.76. The standard InChI is InChI=1S/C12H11BrF2N2O2/c1-7-3-9(13)11(18-2)4-10(7)17-6-8(5-16-17)19-12(14)15/h3-6,12H,1-2H3. The molecule has 0 aliphatic heterocycles. The molecular weight excluding hydrogens is 322 g/mol. The molecule has 0 bridgehead atoms. The molecule has 0 aliphatic carbocycles. The number of halogens is 3. The van der Waals surface area contributed by atoms with Crippen LogP contribution in [-0.2, 0) is 0 Å². The van der Waals surface area contributed by atoms with E-state index < -0.39 is 6.61 Å². The molecule has 7 heteroatoms. The van der Waals surface area contributed by atoms with Gasteiger partial charge in [-0.05, 0) is 34.5 Å². The zero-order chi connectivity index (χ0) is 14.0. The molecule has 0 unspecified atom stereocenters. The van der Waals surface area contributed by atoms with Crippen LogP contribution in [0, 0.1) is 6.92 Å². The van der Waals surface area contributed by atoms with E-state index in [1.54, 1.807) is 13.2 Å². The summed E-state index contributed by atoms with van der Waals surface area (Å²) in [4.78, 5) is 0. The second kappa shape index (κ2) is 5.56. The van der Waals surface area contributed by atoms with E-state index >= 15 is 0 Å². The van der Waals surface area contributed by atoms with E-state index in [-0.39, 0.29) is 5.75 Å². The Morgan fingerprint density at radius 1 is 1.37 bits per heavy atom. The number of hydrogen-bond acceptors (Lipinski definition) is 3. The number of nitrogens with zero attached hydrogens (tertiary/aromatic N) is 2. The van der Waals surface area contributed by atoms with Gasteiger partial charge in [0, 0.05) is 6.07 Å². The van der Waals surface area contributed by atoms with E-state index in [2.05, 4.69) is 25.8 Å². The van der Waals surface area contributed by atoms with Crippen molar-refractivity contribution in [2.24, 2.45) is 0 Å². The summed E-state index contributed by atoms with van der Waals surface area (Å²) in [5.41, 5.74) is 1.64. The quantitative estimate of drug-likeness (QED) is 0.859. The number of alkyl halides is 2. The molecular formula is C12H11BrF2N2O2. The van der Waals surface area contributed by atoms with Crippen molar-refractivity contribution in [2.75, 3.05) is 7.11 Å². The Balaban J connectivity index is 2.38. The van der Waals surface area contributed by atoms with Gasteiger partial charge in [-0.15, -0.1) is 0 Å². The van der Waals surface area contributed by atoms with Gasteiger partial charge in [0.2, 0.25) is 0 Å². The lowest BCUT2D eigenvalue weighted by Gasteiger charge is -2.10. The van der Waals surface area contributed by atoms with E-state index in [1.807, 2.05) is 13.0 Å². The normalized spacial score (nSPS) is 10.8. The van der Waals surface area contributed by atoms with Crippen molar-refractivity contribution >= 4 is 15.9 Å². The van der Waals surface area contributed by atoms with E-state index in [1.165, 1.54) is 17.1 Å². The summed E-state index contributed by atoms with van der Waals surface area (Å²) in [6.07, 6.45) is 2.63. The van der Waals surface area contributed by atoms with Gasteiger partial charge in [-0.3, -0.25) is 0 Å². The molecule has 0 saturated carbocycles. The highest BCUT2D eigenvalue weighted by Crippen LogP contribution is 2.30. The highest BCUT2D eigenvalue weighted by atomic mass is 79.9. The SMILES string of the molecule is COc1cc(-n2cc(OC(F)F)cn2)c(C)cc1Br. The maximum absolute atomic E-state index is 12.1. The Hall–Kier alpha value is -1.63. The first-order valence-corrected chi connectivity index (χ1v) is 6.14. The van der Waals surface area contributed by atoms with E-state index in [4.69, 9.17) is 4.74 Å². The molecule has 0 saturated heterocycles. The summed E-state index contributed by atoms with van der Waals surface area (Å²) in [5, 5.41) is 3.99. The van der Waals surface area contributed by atoms with Crippen LogP contribution in [0.2, 0.25) is 0 Å². The van der Waals surface area contributed by atoms with Gasteiger partial charge in [0.05, 0.1) is 29.7 Å². The van der Waals surface area contributed by atoms with Crippen LogP contribution in [0.25, 0.3) is 5.69 Å². The third kappa shape index (κ3) is 3.04. The van der Waals surface area contributed by atoms with Crippen molar-refractivity contribution < 1.29 is 18.3 Å². The molecule has 4 nitrogen and oxygen atoms in total. The maximum Gasteiger partial charge on any atom is 0.387 e. The largest absolute Gasteiger partial charge is 0.495 e. The molecule has 0 aliphatic rings. The predicted molar refractivity (Wildman–Crippen MR) is 69.2 cm³/mol. The number of benzene rings is 1. The fraction of sp³-hybridized carbons (Fsp3) is 0.250. The molecule has 1 heterocycles. The topological polar surface area (TPSA) is 36.3 Å². The molecule has 2 rings (SSSR count). The highest BCUT2D eigenvalue weighted by Gasteiger charge is 2.11. The molecule has 0 spiro atoms. The monoisotopic (exact) mass is 332 g/mol. The second-order valence-electron chi connectivity index (χ2n) is 3.77. The van der Waals surface area contributed by atoms with Crippen molar-refractivity contribution in [1.82, 2.24) is 9.78 Å². The summed E-state index contributed by atoms with van der Waals surface area (Å²) in [5.74, 6) is 0.642. The lowest BCUT2D eigenvalue weighted by molar-refractivity contribution is -0.0498. The number of aryl methyl sites for hydroxylation is 1. The van der Waals surface area contributed by atoms with Crippen molar-refractivity contribution in [3.8, 4) is 17.2 Å². The molecule has 19 heavy (non-hydrogen) atoms. The second-order valence-corrected chi connectivity index (χ2v) is 4.63. The molecule has 1 aromatic carbocycles. The minimum absolute atomic E-state index is 0.0104. The van der Waals surface area contributed by atoms with Gasteiger partial charge in [-0.1, -0.05) is 0 Å². The molecule has 2 aromatic rings. The summed E-state index contributed by atoms with van der Waals surface area (Å²) in [6, 6.07) is 3.63. The highest BCUT2D eigenvalue weighted by molar-refractivity contribution is 9.10. The maximum atomic E-state index is 12.1. The fourth-order valence-electron chi connectivity index (χ4n) is 1.65. The number of hydrogen-bond donors (Lipinski definition) is 0. The molecule has 102 valence electrons. The average molecular weight is 333 g/mol. The Bertz CT molecular complexity index is 587. The third-order valence-corrected chi connectivity index (χ3v) is 3.12. The van der Waals surface area contributed by atoms with Crippen molar-refractivity contribution in [3.63, 3.8) is 0 Å². The molecule has 0 amide bonds. The van der Waals surface area contributed by atoms with Crippen LogP contribution >= 0.6 is 15.9 Å². The molecule has 0 fully saturated rings. The minimum Gasteiger partial charge on any atom is -0.495 e. The minimum atomic E-state index is -2.86. The van der Waals surface area contributed by atoms with Crippen LogP contribution in [0.3, 0.4) is 0 Å². The number of rotatable bonds is 4. The van der Waals surface area contributed by atoms with Gasteiger partial charge in [-0.2, -0.15) is 13.9 Å². The van der Waals surface area contributed by atoms with Crippen LogP contribution in [0.5, 0.6) is 11.5 Å². The Kier molecular flexibility index (Phi) is 4.04. The number of methoxy groups -OCH3 is 1. The van der Waals surface area contributed by atoms with Gasteiger partial charge < -0.3 is 9.47 Å². The van der Waals surface area contributed by atoms with Crippen molar-refractivity contribution in [3.05, 3.63) is 34.6 Å². The predicted octanol–water partition coefficient (Wildman–Crippen LogP) is 3.55. The zero-order valence-electron chi connectivity index (χ0n) is 10.2. The molecule has 0 atom stereocenters. The zero-order valence-corrected chi connectivity index (χ0v) is 11.8. The van der Waals surface area contributed by atoms with E-state index in [9.17, 15) is 8.78 Å². The molecule has 1 aromatic heterocycles. The lowest BCUT2D eigenvalue weighted by atomic mass is 10.2. The van der Waals surface area contributed by atoms with Crippen LogP contribution in [0.15, 0.2) is 29.0 Å². The Morgan fingerprint density at radius 3 is 2.74 bits per heavy atom. The van der Waals surface area contributed by atoms with Crippen LogP contribution in [0.1, 0.15) is 5.56 Å². The fourth-order valence-corrected chi connectivity index (χ4v) is 2.27. The van der Waals surface area contributed by atoms with Crippen molar-refractivity contribution in [1.29, 1.82) is 0 Å². The van der Waals surface area contributed by atoms with E-state index in [0.29, 0.717) is 5.75 Å². The van der Waals surface area contributed by atoms with Crippen LogP contribution in [-0.4, -0.2) is 23.5 Å². The van der Waals surface area contributed by atoms with Crippen LogP contribution in [0.4, 0.5) is 8.78 Å². The number of aromatic nitrogens is 2.